The minimum atomic E-state index is -4.46. The van der Waals surface area contributed by atoms with Crippen LogP contribution in [-0.4, -0.2) is 61.6 Å². The SMILES string of the molecule is O=C(Cn1c(=O)[nH]c2ccccc21)N1CCN(Cc2nc(-c3cccc(C(F)(F)F)c3)no2)CC1. The van der Waals surface area contributed by atoms with Crippen molar-refractivity contribution >= 4 is 16.9 Å². The predicted molar refractivity (Wildman–Crippen MR) is 119 cm³/mol. The van der Waals surface area contributed by atoms with Gasteiger partial charge in [0.15, 0.2) is 0 Å². The molecular formula is C23H21F3N6O3. The molecule has 35 heavy (non-hydrogen) atoms. The molecule has 0 unspecified atom stereocenters. The van der Waals surface area contributed by atoms with Crippen LogP contribution < -0.4 is 5.69 Å². The third kappa shape index (κ3) is 4.83. The number of halogens is 3. The van der Waals surface area contributed by atoms with E-state index in [2.05, 4.69) is 15.1 Å². The molecule has 1 fully saturated rings. The molecule has 0 bridgehead atoms. The summed E-state index contributed by atoms with van der Waals surface area (Å²) >= 11 is 0. The van der Waals surface area contributed by atoms with Gasteiger partial charge in [0.1, 0.15) is 6.54 Å². The number of fused-ring (bicyclic) bond motifs is 1. The van der Waals surface area contributed by atoms with E-state index in [4.69, 9.17) is 4.52 Å². The van der Waals surface area contributed by atoms with Gasteiger partial charge in [-0.3, -0.25) is 14.3 Å². The number of H-pyrrole nitrogens is 1. The molecule has 2 aromatic carbocycles. The van der Waals surface area contributed by atoms with E-state index in [-0.39, 0.29) is 35.4 Å². The Hall–Kier alpha value is -3.93. The monoisotopic (exact) mass is 486 g/mol. The number of aromatic amines is 1. The van der Waals surface area contributed by atoms with Crippen LogP contribution in [0.4, 0.5) is 13.2 Å². The van der Waals surface area contributed by atoms with Crippen molar-refractivity contribution in [2.45, 2.75) is 19.3 Å². The number of nitrogens with one attached hydrogen (secondary N) is 1. The Morgan fingerprint density at radius 2 is 1.83 bits per heavy atom. The number of rotatable bonds is 5. The number of alkyl halides is 3. The largest absolute Gasteiger partial charge is 0.416 e. The van der Waals surface area contributed by atoms with Gasteiger partial charge < -0.3 is 14.4 Å². The van der Waals surface area contributed by atoms with E-state index in [0.717, 1.165) is 12.1 Å². The topological polar surface area (TPSA) is 100 Å². The second-order valence-corrected chi connectivity index (χ2v) is 8.28. The Labute approximate surface area is 196 Å². The van der Waals surface area contributed by atoms with Gasteiger partial charge in [-0.05, 0) is 24.3 Å². The molecule has 5 rings (SSSR count). The van der Waals surface area contributed by atoms with Gasteiger partial charge in [-0.2, -0.15) is 18.2 Å². The van der Waals surface area contributed by atoms with Crippen LogP contribution in [0.2, 0.25) is 0 Å². The van der Waals surface area contributed by atoms with Gasteiger partial charge in [-0.1, -0.05) is 29.4 Å². The van der Waals surface area contributed by atoms with Crippen molar-refractivity contribution in [3.05, 3.63) is 70.5 Å². The number of hydrogen-bond acceptors (Lipinski definition) is 6. The quantitative estimate of drug-likeness (QED) is 0.466. The molecule has 0 spiro atoms. The summed E-state index contributed by atoms with van der Waals surface area (Å²) < 4.78 is 45.6. The lowest BCUT2D eigenvalue weighted by Crippen LogP contribution is -2.49. The molecule has 3 heterocycles. The Balaban J connectivity index is 1.18. The molecule has 4 aromatic rings. The summed E-state index contributed by atoms with van der Waals surface area (Å²) in [7, 11) is 0. The number of para-hydroxylation sites is 2. The lowest BCUT2D eigenvalue weighted by atomic mass is 10.1. The van der Waals surface area contributed by atoms with E-state index in [1.54, 1.807) is 17.0 Å². The molecule has 2 aromatic heterocycles. The van der Waals surface area contributed by atoms with Crippen LogP contribution in [0.25, 0.3) is 22.4 Å². The number of hydrogen-bond donors (Lipinski definition) is 1. The standard InChI is InChI=1S/C23H21F3N6O3/c24-23(25,26)16-5-3-4-15(12-16)21-28-19(35-29-21)13-30-8-10-31(11-9-30)20(33)14-32-18-7-2-1-6-17(18)27-22(32)34/h1-7,12H,8-11,13-14H2,(H,27,34). The number of piperazine rings is 1. The molecule has 0 saturated carbocycles. The maximum atomic E-state index is 13.0. The highest BCUT2D eigenvalue weighted by Gasteiger charge is 2.31. The summed E-state index contributed by atoms with van der Waals surface area (Å²) in [6.45, 7) is 2.30. The van der Waals surface area contributed by atoms with Crippen LogP contribution >= 0.6 is 0 Å². The van der Waals surface area contributed by atoms with Crippen molar-refractivity contribution in [2.75, 3.05) is 26.2 Å². The van der Waals surface area contributed by atoms with Gasteiger partial charge in [0.05, 0.1) is 23.1 Å². The molecule has 12 heteroatoms. The normalized spacial score (nSPS) is 15.1. The van der Waals surface area contributed by atoms with Crippen LogP contribution in [0.1, 0.15) is 11.5 Å². The zero-order chi connectivity index (χ0) is 24.6. The fraction of sp³-hybridized carbons (Fsp3) is 0.304. The molecule has 1 amide bonds. The average Bonchev–Trinajstić information content (AvgIpc) is 3.43. The highest BCUT2D eigenvalue weighted by Crippen LogP contribution is 2.31. The van der Waals surface area contributed by atoms with Gasteiger partial charge >= 0.3 is 11.9 Å². The Bertz CT molecular complexity index is 1420. The van der Waals surface area contributed by atoms with E-state index in [0.29, 0.717) is 43.8 Å². The van der Waals surface area contributed by atoms with E-state index < -0.39 is 11.7 Å². The molecule has 1 aliphatic rings. The summed E-state index contributed by atoms with van der Waals surface area (Å²) in [5, 5.41) is 3.81. The minimum absolute atomic E-state index is 0.0488. The third-order valence-corrected chi connectivity index (χ3v) is 5.98. The summed E-state index contributed by atoms with van der Waals surface area (Å²) in [5.41, 5.74) is 0.470. The maximum Gasteiger partial charge on any atom is 0.416 e. The zero-order valence-corrected chi connectivity index (χ0v) is 18.5. The second-order valence-electron chi connectivity index (χ2n) is 8.28. The number of imidazole rings is 1. The highest BCUT2D eigenvalue weighted by atomic mass is 19.4. The summed E-state index contributed by atoms with van der Waals surface area (Å²) in [6, 6.07) is 12.0. The van der Waals surface area contributed by atoms with Crippen LogP contribution in [0, 0.1) is 0 Å². The molecule has 1 aliphatic heterocycles. The van der Waals surface area contributed by atoms with Crippen molar-refractivity contribution in [1.82, 2.24) is 29.5 Å². The number of benzene rings is 2. The van der Waals surface area contributed by atoms with Crippen molar-refractivity contribution in [3.8, 4) is 11.4 Å². The van der Waals surface area contributed by atoms with Crippen LogP contribution in [0.5, 0.6) is 0 Å². The summed E-state index contributed by atoms with van der Waals surface area (Å²) in [5.74, 6) is 0.216. The summed E-state index contributed by atoms with van der Waals surface area (Å²) in [4.78, 5) is 35.7. The van der Waals surface area contributed by atoms with Crippen molar-refractivity contribution in [3.63, 3.8) is 0 Å². The predicted octanol–water partition coefficient (Wildman–Crippen LogP) is 2.74. The van der Waals surface area contributed by atoms with Gasteiger partial charge in [0, 0.05) is 31.7 Å². The van der Waals surface area contributed by atoms with Crippen LogP contribution in [0.3, 0.4) is 0 Å². The number of carbonyl (C=O) groups excluding carboxylic acids is 1. The van der Waals surface area contributed by atoms with E-state index in [1.807, 2.05) is 17.0 Å². The molecule has 1 saturated heterocycles. The van der Waals surface area contributed by atoms with Crippen molar-refractivity contribution in [2.24, 2.45) is 0 Å². The van der Waals surface area contributed by atoms with E-state index in [9.17, 15) is 22.8 Å². The Morgan fingerprint density at radius 3 is 2.60 bits per heavy atom. The number of carbonyl (C=O) groups is 1. The number of nitrogens with zero attached hydrogens (tertiary/aromatic N) is 5. The van der Waals surface area contributed by atoms with Gasteiger partial charge in [-0.25, -0.2) is 4.79 Å². The second kappa shape index (κ2) is 9.02. The molecular weight excluding hydrogens is 465 g/mol. The lowest BCUT2D eigenvalue weighted by Gasteiger charge is -2.34. The van der Waals surface area contributed by atoms with E-state index >= 15 is 0 Å². The fourth-order valence-corrected chi connectivity index (χ4v) is 4.12. The first-order valence-corrected chi connectivity index (χ1v) is 11.0. The molecule has 0 radical (unpaired) electrons. The van der Waals surface area contributed by atoms with E-state index in [1.165, 1.54) is 16.7 Å². The van der Waals surface area contributed by atoms with Gasteiger partial charge in [0.2, 0.25) is 17.6 Å². The average molecular weight is 486 g/mol. The fourth-order valence-electron chi connectivity index (χ4n) is 4.12. The van der Waals surface area contributed by atoms with Crippen LogP contribution in [0.15, 0.2) is 57.8 Å². The highest BCUT2D eigenvalue weighted by molar-refractivity contribution is 5.80. The van der Waals surface area contributed by atoms with Gasteiger partial charge in [-0.15, -0.1) is 0 Å². The molecule has 9 nitrogen and oxygen atoms in total. The lowest BCUT2D eigenvalue weighted by molar-refractivity contribution is -0.137. The zero-order valence-electron chi connectivity index (χ0n) is 18.5. The maximum absolute atomic E-state index is 13.0. The Kier molecular flexibility index (Phi) is 5.89. The Morgan fingerprint density at radius 1 is 1.06 bits per heavy atom. The molecule has 182 valence electrons. The van der Waals surface area contributed by atoms with Gasteiger partial charge in [0.25, 0.3) is 0 Å². The molecule has 0 aliphatic carbocycles. The number of amides is 1. The molecule has 1 N–H and O–H groups in total. The first-order valence-electron chi connectivity index (χ1n) is 11.0. The first kappa shape index (κ1) is 22.8. The van der Waals surface area contributed by atoms with Crippen LogP contribution in [-0.2, 0) is 24.1 Å². The number of aromatic nitrogens is 4. The first-order chi connectivity index (χ1) is 16.8. The smallest absolute Gasteiger partial charge is 0.339 e. The molecule has 0 atom stereocenters. The summed E-state index contributed by atoms with van der Waals surface area (Å²) in [6.07, 6.45) is -4.46. The minimum Gasteiger partial charge on any atom is -0.339 e. The van der Waals surface area contributed by atoms with Crippen molar-refractivity contribution in [1.29, 1.82) is 0 Å². The third-order valence-electron chi connectivity index (χ3n) is 5.98. The van der Waals surface area contributed by atoms with Crippen molar-refractivity contribution < 1.29 is 22.5 Å².